The second-order valence-electron chi connectivity index (χ2n) is 1.57. The van der Waals surface area contributed by atoms with E-state index in [1.807, 2.05) is 0 Å². The zero-order chi connectivity index (χ0) is 5.11. The maximum absolute atomic E-state index is 10.4. The molecule has 40 valence electrons. The third kappa shape index (κ3) is 1.25. The van der Waals surface area contributed by atoms with E-state index in [9.17, 15) is 4.79 Å². The van der Waals surface area contributed by atoms with Gasteiger partial charge in [0.05, 0.1) is 6.54 Å². The van der Waals surface area contributed by atoms with Crippen molar-refractivity contribution >= 4 is 5.78 Å². The molecule has 3 heteroatoms. The van der Waals surface area contributed by atoms with Crippen LogP contribution in [-0.4, -0.2) is 18.9 Å². The number of hydrogen-bond donors (Lipinski definition) is 2. The van der Waals surface area contributed by atoms with Crippen LogP contribution in [0.4, 0.5) is 0 Å². The second kappa shape index (κ2) is 2.04. The van der Waals surface area contributed by atoms with Crippen molar-refractivity contribution in [2.75, 3.05) is 13.1 Å². The van der Waals surface area contributed by atoms with Crippen LogP contribution in [-0.2, 0) is 4.79 Å². The molecule has 0 saturated carbocycles. The van der Waals surface area contributed by atoms with E-state index in [1.165, 1.54) is 0 Å². The van der Waals surface area contributed by atoms with E-state index in [1.54, 1.807) is 0 Å². The molecule has 1 aliphatic heterocycles. The van der Waals surface area contributed by atoms with Gasteiger partial charge in [0.25, 0.3) is 0 Å². The van der Waals surface area contributed by atoms with Crippen LogP contribution in [0.5, 0.6) is 0 Å². The highest BCUT2D eigenvalue weighted by atomic mass is 16.1. The summed E-state index contributed by atoms with van der Waals surface area (Å²) >= 11 is 0. The van der Waals surface area contributed by atoms with Crippen LogP contribution in [0, 0.1) is 0 Å². The van der Waals surface area contributed by atoms with Crippen LogP contribution >= 0.6 is 0 Å². The SMILES string of the molecule is O=C1CCNNC1. The summed E-state index contributed by atoms with van der Waals surface area (Å²) in [7, 11) is 0. The van der Waals surface area contributed by atoms with Crippen molar-refractivity contribution in [3.05, 3.63) is 0 Å². The maximum Gasteiger partial charge on any atom is 0.149 e. The molecule has 0 atom stereocenters. The summed E-state index contributed by atoms with van der Waals surface area (Å²) in [6.07, 6.45) is 0.674. The van der Waals surface area contributed by atoms with Crippen molar-refractivity contribution in [1.29, 1.82) is 0 Å². The van der Waals surface area contributed by atoms with Crippen molar-refractivity contribution in [3.63, 3.8) is 0 Å². The Kier molecular flexibility index (Phi) is 1.38. The molecular formula is C4H8N2O. The number of hydrazine groups is 1. The maximum atomic E-state index is 10.4. The number of Topliss-reactive ketones (excluding diaryl/α,β-unsaturated/α-hetero) is 1. The predicted molar refractivity (Wildman–Crippen MR) is 25.6 cm³/mol. The lowest BCUT2D eigenvalue weighted by Gasteiger charge is -2.10. The van der Waals surface area contributed by atoms with Crippen molar-refractivity contribution in [3.8, 4) is 0 Å². The zero-order valence-corrected chi connectivity index (χ0v) is 4.03. The second-order valence-corrected chi connectivity index (χ2v) is 1.57. The first-order chi connectivity index (χ1) is 3.39. The van der Waals surface area contributed by atoms with Gasteiger partial charge in [-0.1, -0.05) is 0 Å². The van der Waals surface area contributed by atoms with E-state index in [-0.39, 0.29) is 0 Å². The van der Waals surface area contributed by atoms with Gasteiger partial charge in [-0.3, -0.25) is 15.6 Å². The summed E-state index contributed by atoms with van der Waals surface area (Å²) in [6, 6.07) is 0. The molecule has 1 saturated heterocycles. The number of ketones is 1. The highest BCUT2D eigenvalue weighted by molar-refractivity contribution is 5.81. The molecule has 1 fully saturated rings. The summed E-state index contributed by atoms with van der Waals surface area (Å²) in [5.74, 6) is 0.291. The molecule has 2 N–H and O–H groups in total. The molecule has 1 heterocycles. The lowest BCUT2D eigenvalue weighted by molar-refractivity contribution is -0.119. The topological polar surface area (TPSA) is 41.1 Å². The lowest BCUT2D eigenvalue weighted by atomic mass is 10.3. The van der Waals surface area contributed by atoms with Crippen molar-refractivity contribution < 1.29 is 4.79 Å². The molecule has 0 spiro atoms. The van der Waals surface area contributed by atoms with Gasteiger partial charge < -0.3 is 0 Å². The number of nitrogens with one attached hydrogen (secondary N) is 2. The Hall–Kier alpha value is -0.410. The average Bonchev–Trinajstić information content (AvgIpc) is 1.69. The smallest absolute Gasteiger partial charge is 0.149 e. The Morgan fingerprint density at radius 2 is 2.29 bits per heavy atom. The first-order valence-electron chi connectivity index (χ1n) is 2.37. The monoisotopic (exact) mass is 100 g/mol. The molecule has 0 aromatic heterocycles. The van der Waals surface area contributed by atoms with Gasteiger partial charge in [0.2, 0.25) is 0 Å². The summed E-state index contributed by atoms with van der Waals surface area (Å²) in [5, 5.41) is 0. The minimum atomic E-state index is 0.291. The van der Waals surface area contributed by atoms with Gasteiger partial charge in [0, 0.05) is 13.0 Å². The Balaban J connectivity index is 2.25. The van der Waals surface area contributed by atoms with Gasteiger partial charge in [-0.2, -0.15) is 0 Å². The van der Waals surface area contributed by atoms with E-state index in [0.717, 1.165) is 6.54 Å². The van der Waals surface area contributed by atoms with Crippen molar-refractivity contribution in [2.45, 2.75) is 6.42 Å². The van der Waals surface area contributed by atoms with Crippen LogP contribution in [0.1, 0.15) is 6.42 Å². The number of rotatable bonds is 0. The molecule has 0 aromatic rings. The molecule has 3 nitrogen and oxygen atoms in total. The third-order valence-electron chi connectivity index (χ3n) is 0.939. The van der Waals surface area contributed by atoms with Gasteiger partial charge in [0.15, 0.2) is 0 Å². The van der Waals surface area contributed by atoms with Crippen LogP contribution in [0.3, 0.4) is 0 Å². The van der Waals surface area contributed by atoms with Gasteiger partial charge in [-0.05, 0) is 0 Å². The molecule has 0 aliphatic carbocycles. The fraction of sp³-hybridized carbons (Fsp3) is 0.750. The van der Waals surface area contributed by atoms with E-state index in [0.29, 0.717) is 18.7 Å². The molecule has 1 rings (SSSR count). The fourth-order valence-electron chi connectivity index (χ4n) is 0.540. The molecule has 7 heavy (non-hydrogen) atoms. The molecule has 0 bridgehead atoms. The van der Waals surface area contributed by atoms with Crippen molar-refractivity contribution in [1.82, 2.24) is 10.9 Å². The quantitative estimate of drug-likeness (QED) is 0.412. The van der Waals surface area contributed by atoms with E-state index in [4.69, 9.17) is 0 Å². The molecule has 1 aliphatic rings. The first-order valence-corrected chi connectivity index (χ1v) is 2.37. The average molecular weight is 100 g/mol. The Morgan fingerprint density at radius 3 is 2.57 bits per heavy atom. The van der Waals surface area contributed by atoms with Gasteiger partial charge in [0.1, 0.15) is 5.78 Å². The number of carbonyl (C=O) groups is 1. The predicted octanol–water partition coefficient (Wildman–Crippen LogP) is -0.947. The number of carbonyl (C=O) groups excluding carboxylic acids is 1. The third-order valence-corrected chi connectivity index (χ3v) is 0.939. The standard InChI is InChI=1S/C4H8N2O/c7-4-1-2-5-6-3-4/h5-6H,1-3H2. The summed E-state index contributed by atoms with van der Waals surface area (Å²) in [6.45, 7) is 1.26. The van der Waals surface area contributed by atoms with Gasteiger partial charge in [-0.15, -0.1) is 0 Å². The summed E-state index contributed by atoms with van der Waals surface area (Å²) in [4.78, 5) is 10.4. The van der Waals surface area contributed by atoms with Crippen LogP contribution in [0.15, 0.2) is 0 Å². The fourth-order valence-corrected chi connectivity index (χ4v) is 0.540. The zero-order valence-electron chi connectivity index (χ0n) is 4.03. The normalized spacial score (nSPS) is 22.6. The Labute approximate surface area is 42.1 Å². The highest BCUT2D eigenvalue weighted by Gasteiger charge is 2.04. The number of hydrogen-bond acceptors (Lipinski definition) is 3. The minimum Gasteiger partial charge on any atom is -0.298 e. The molecule has 0 aromatic carbocycles. The first kappa shape index (κ1) is 4.74. The van der Waals surface area contributed by atoms with Crippen LogP contribution in [0.2, 0.25) is 0 Å². The molecular weight excluding hydrogens is 92.1 g/mol. The van der Waals surface area contributed by atoms with Crippen LogP contribution in [0.25, 0.3) is 0 Å². The minimum absolute atomic E-state index is 0.291. The molecule has 0 unspecified atom stereocenters. The van der Waals surface area contributed by atoms with Crippen molar-refractivity contribution in [2.24, 2.45) is 0 Å². The van der Waals surface area contributed by atoms with Gasteiger partial charge >= 0.3 is 0 Å². The van der Waals surface area contributed by atoms with Crippen LogP contribution < -0.4 is 10.9 Å². The molecule has 0 radical (unpaired) electrons. The lowest BCUT2D eigenvalue weighted by Crippen LogP contribution is -2.42. The Bertz CT molecular complexity index is 73.8. The molecule has 0 amide bonds. The van der Waals surface area contributed by atoms with E-state index < -0.39 is 0 Å². The van der Waals surface area contributed by atoms with E-state index in [2.05, 4.69) is 10.9 Å². The van der Waals surface area contributed by atoms with Gasteiger partial charge in [-0.25, -0.2) is 0 Å². The Morgan fingerprint density at radius 1 is 1.43 bits per heavy atom. The summed E-state index contributed by atoms with van der Waals surface area (Å²) < 4.78 is 0. The summed E-state index contributed by atoms with van der Waals surface area (Å²) in [5.41, 5.74) is 5.58. The highest BCUT2D eigenvalue weighted by Crippen LogP contribution is 1.81. The van der Waals surface area contributed by atoms with E-state index >= 15 is 0 Å². The largest absolute Gasteiger partial charge is 0.298 e.